The SMILES string of the molecule is COC(=O)c1ccc(-c2ccc([C@@H]3[C@@H](c4ccccn4)NC(=S)N3Cc3ccccc3)o2)cc1. The van der Waals surface area contributed by atoms with Gasteiger partial charge in [-0.25, -0.2) is 4.79 Å². The minimum atomic E-state index is -0.369. The Hall–Kier alpha value is -3.97. The van der Waals surface area contributed by atoms with Crippen LogP contribution in [0.1, 0.15) is 39.5 Å². The van der Waals surface area contributed by atoms with Crippen molar-refractivity contribution in [3.05, 3.63) is 114 Å². The molecule has 1 N–H and O–H groups in total. The number of hydrogen-bond donors (Lipinski definition) is 1. The number of furan rings is 1. The van der Waals surface area contributed by atoms with Gasteiger partial charge in [0, 0.05) is 18.3 Å². The number of rotatable bonds is 6. The fraction of sp³-hybridized carbons (Fsp3) is 0.148. The molecule has 5 rings (SSSR count). The molecular formula is C27H23N3O3S. The highest BCUT2D eigenvalue weighted by atomic mass is 32.1. The van der Waals surface area contributed by atoms with Crippen LogP contribution in [0.5, 0.6) is 0 Å². The molecule has 0 radical (unpaired) electrons. The van der Waals surface area contributed by atoms with E-state index in [1.807, 2.05) is 60.7 Å². The summed E-state index contributed by atoms with van der Waals surface area (Å²) in [6, 6.07) is 26.9. The van der Waals surface area contributed by atoms with Crippen molar-refractivity contribution < 1.29 is 13.9 Å². The average Bonchev–Trinajstić information content (AvgIpc) is 3.50. The number of methoxy groups -OCH3 is 1. The van der Waals surface area contributed by atoms with Crippen molar-refractivity contribution in [2.24, 2.45) is 0 Å². The summed E-state index contributed by atoms with van der Waals surface area (Å²) in [6.45, 7) is 0.643. The molecule has 170 valence electrons. The van der Waals surface area contributed by atoms with Crippen LogP contribution in [0.3, 0.4) is 0 Å². The Balaban J connectivity index is 1.49. The number of nitrogens with one attached hydrogen (secondary N) is 1. The molecule has 2 aromatic carbocycles. The second-order valence-electron chi connectivity index (χ2n) is 8.01. The number of esters is 1. The first-order chi connectivity index (χ1) is 16.6. The van der Waals surface area contributed by atoms with Gasteiger partial charge in [0.05, 0.1) is 24.4 Å². The van der Waals surface area contributed by atoms with Gasteiger partial charge in [-0.2, -0.15) is 0 Å². The van der Waals surface area contributed by atoms with Crippen molar-refractivity contribution >= 4 is 23.3 Å². The number of carbonyl (C=O) groups excluding carboxylic acids is 1. The van der Waals surface area contributed by atoms with Crippen LogP contribution in [0.4, 0.5) is 0 Å². The van der Waals surface area contributed by atoms with Gasteiger partial charge in [0.1, 0.15) is 17.6 Å². The maximum absolute atomic E-state index is 11.8. The molecule has 3 heterocycles. The third kappa shape index (κ3) is 4.30. The van der Waals surface area contributed by atoms with Crippen molar-refractivity contribution in [2.45, 2.75) is 18.6 Å². The molecule has 6 nitrogen and oxygen atoms in total. The molecule has 0 spiro atoms. The zero-order valence-corrected chi connectivity index (χ0v) is 19.4. The molecule has 1 aliphatic rings. The number of ether oxygens (including phenoxy) is 1. The van der Waals surface area contributed by atoms with E-state index in [0.29, 0.717) is 23.0 Å². The number of carbonyl (C=O) groups is 1. The molecule has 0 saturated carbocycles. The zero-order valence-electron chi connectivity index (χ0n) is 18.5. The Kier molecular flexibility index (Phi) is 6.10. The third-order valence-corrected chi connectivity index (χ3v) is 6.25. The first-order valence-electron chi connectivity index (χ1n) is 10.9. The van der Waals surface area contributed by atoms with E-state index in [1.165, 1.54) is 7.11 Å². The molecule has 4 aromatic rings. The summed E-state index contributed by atoms with van der Waals surface area (Å²) in [4.78, 5) is 18.5. The molecule has 0 amide bonds. The molecule has 34 heavy (non-hydrogen) atoms. The van der Waals surface area contributed by atoms with Gasteiger partial charge in [-0.05, 0) is 54.2 Å². The van der Waals surface area contributed by atoms with Crippen LogP contribution >= 0.6 is 12.2 Å². The number of hydrogen-bond acceptors (Lipinski definition) is 5. The smallest absolute Gasteiger partial charge is 0.337 e. The Morgan fingerprint density at radius 1 is 1.03 bits per heavy atom. The van der Waals surface area contributed by atoms with Gasteiger partial charge in [-0.1, -0.05) is 48.5 Å². The Morgan fingerprint density at radius 3 is 2.50 bits per heavy atom. The Labute approximate surface area is 203 Å². The molecular weight excluding hydrogens is 446 g/mol. The first kappa shape index (κ1) is 21.9. The molecule has 7 heteroatoms. The molecule has 0 aliphatic carbocycles. The molecule has 2 aromatic heterocycles. The minimum Gasteiger partial charge on any atom is -0.465 e. The number of aromatic nitrogens is 1. The average molecular weight is 470 g/mol. The van der Waals surface area contributed by atoms with Crippen LogP contribution in [0.2, 0.25) is 0 Å². The fourth-order valence-electron chi connectivity index (χ4n) is 4.22. The molecule has 1 aliphatic heterocycles. The summed E-state index contributed by atoms with van der Waals surface area (Å²) in [6.07, 6.45) is 1.79. The van der Waals surface area contributed by atoms with Gasteiger partial charge < -0.3 is 19.4 Å². The largest absolute Gasteiger partial charge is 0.465 e. The lowest BCUT2D eigenvalue weighted by Crippen LogP contribution is -2.29. The number of pyridine rings is 1. The minimum absolute atomic E-state index is 0.155. The quantitative estimate of drug-likeness (QED) is 0.304. The van der Waals surface area contributed by atoms with Crippen LogP contribution in [-0.2, 0) is 11.3 Å². The van der Waals surface area contributed by atoms with Crippen molar-refractivity contribution in [3.8, 4) is 11.3 Å². The fourth-order valence-corrected chi connectivity index (χ4v) is 4.53. The van der Waals surface area contributed by atoms with E-state index in [4.69, 9.17) is 21.4 Å². The van der Waals surface area contributed by atoms with Gasteiger partial charge in [-0.3, -0.25) is 4.98 Å². The molecule has 0 bridgehead atoms. The lowest BCUT2D eigenvalue weighted by Gasteiger charge is -2.26. The number of thiocarbonyl (C=S) groups is 1. The predicted octanol–water partition coefficient (Wildman–Crippen LogP) is 5.30. The van der Waals surface area contributed by atoms with Crippen LogP contribution in [-0.4, -0.2) is 28.1 Å². The molecule has 1 fully saturated rings. The standard InChI is InChI=1S/C27H23N3O3S/c1-32-26(31)20-12-10-19(11-13-20)22-14-15-23(33-22)25-24(21-9-5-6-16-28-21)29-27(34)30(25)17-18-7-3-2-4-8-18/h2-16,24-25H,17H2,1H3,(H,29,34)/t24-,25-/m1/s1. The van der Waals surface area contributed by atoms with E-state index in [2.05, 4.69) is 27.3 Å². The van der Waals surface area contributed by atoms with Gasteiger partial charge >= 0.3 is 5.97 Å². The monoisotopic (exact) mass is 469 g/mol. The lowest BCUT2D eigenvalue weighted by molar-refractivity contribution is 0.0600. The highest BCUT2D eigenvalue weighted by molar-refractivity contribution is 7.80. The summed E-state index contributed by atoms with van der Waals surface area (Å²) in [5, 5.41) is 4.11. The lowest BCUT2D eigenvalue weighted by atomic mass is 10.0. The maximum Gasteiger partial charge on any atom is 0.337 e. The summed E-state index contributed by atoms with van der Waals surface area (Å²) in [5.41, 5.74) is 3.42. The second-order valence-corrected chi connectivity index (χ2v) is 8.40. The Bertz CT molecular complexity index is 1290. The van der Waals surface area contributed by atoms with Crippen LogP contribution in [0.25, 0.3) is 11.3 Å². The summed E-state index contributed by atoms with van der Waals surface area (Å²) in [5.74, 6) is 1.13. The van der Waals surface area contributed by atoms with E-state index in [0.717, 1.165) is 22.6 Å². The van der Waals surface area contributed by atoms with E-state index in [9.17, 15) is 4.79 Å². The number of nitrogens with zero attached hydrogens (tertiary/aromatic N) is 2. The topological polar surface area (TPSA) is 67.6 Å². The van der Waals surface area contributed by atoms with Crippen molar-refractivity contribution in [1.29, 1.82) is 0 Å². The van der Waals surface area contributed by atoms with E-state index in [-0.39, 0.29) is 18.1 Å². The van der Waals surface area contributed by atoms with Gasteiger partial charge in [0.2, 0.25) is 0 Å². The van der Waals surface area contributed by atoms with Crippen LogP contribution in [0.15, 0.2) is 95.5 Å². The third-order valence-electron chi connectivity index (χ3n) is 5.90. The highest BCUT2D eigenvalue weighted by Crippen LogP contribution is 2.41. The number of benzene rings is 2. The Morgan fingerprint density at radius 2 is 1.79 bits per heavy atom. The van der Waals surface area contributed by atoms with Gasteiger partial charge in [0.25, 0.3) is 0 Å². The van der Waals surface area contributed by atoms with Crippen LogP contribution < -0.4 is 5.32 Å². The summed E-state index contributed by atoms with van der Waals surface area (Å²) in [7, 11) is 1.37. The molecule has 2 atom stereocenters. The zero-order chi connectivity index (χ0) is 23.5. The molecule has 1 saturated heterocycles. The van der Waals surface area contributed by atoms with Crippen LogP contribution in [0, 0.1) is 0 Å². The summed E-state index contributed by atoms with van der Waals surface area (Å²) >= 11 is 5.75. The van der Waals surface area contributed by atoms with E-state index < -0.39 is 0 Å². The van der Waals surface area contributed by atoms with E-state index in [1.54, 1.807) is 18.3 Å². The highest BCUT2D eigenvalue weighted by Gasteiger charge is 2.41. The van der Waals surface area contributed by atoms with Gasteiger partial charge in [-0.15, -0.1) is 0 Å². The van der Waals surface area contributed by atoms with Crippen molar-refractivity contribution in [1.82, 2.24) is 15.2 Å². The maximum atomic E-state index is 11.8. The second kappa shape index (κ2) is 9.49. The predicted molar refractivity (Wildman–Crippen MR) is 133 cm³/mol. The van der Waals surface area contributed by atoms with Gasteiger partial charge in [0.15, 0.2) is 5.11 Å². The summed E-state index contributed by atoms with van der Waals surface area (Å²) < 4.78 is 11.1. The normalized spacial score (nSPS) is 17.4. The van der Waals surface area contributed by atoms with Crippen molar-refractivity contribution in [2.75, 3.05) is 7.11 Å². The van der Waals surface area contributed by atoms with Crippen molar-refractivity contribution in [3.63, 3.8) is 0 Å². The van der Waals surface area contributed by atoms with E-state index >= 15 is 0 Å². The molecule has 0 unspecified atom stereocenters. The first-order valence-corrected chi connectivity index (χ1v) is 11.4.